The lowest BCUT2D eigenvalue weighted by molar-refractivity contribution is 0.414. The second kappa shape index (κ2) is 9.08. The smallest absolute Gasteiger partial charge is 0.193 e. The number of rotatable bonds is 6. The minimum absolute atomic E-state index is 0.558. The standard InChI is InChI=1S/C21H29N3OS/c1-16(13-20-5-4-12-26-20)14-23-21(22-2)24-11-10-18(15-24)17-6-8-19(25-3)9-7-17/h4-9,12,16,18H,10-11,13-15H2,1-3H3,(H,22,23). The zero-order valence-corrected chi connectivity index (χ0v) is 16.8. The molecule has 2 heterocycles. The summed E-state index contributed by atoms with van der Waals surface area (Å²) in [6, 6.07) is 12.8. The van der Waals surface area contributed by atoms with Crippen LogP contribution in [0.5, 0.6) is 5.75 Å². The summed E-state index contributed by atoms with van der Waals surface area (Å²) in [4.78, 5) is 8.34. The summed E-state index contributed by atoms with van der Waals surface area (Å²) in [6.45, 7) is 5.32. The fourth-order valence-corrected chi connectivity index (χ4v) is 4.41. The second-order valence-electron chi connectivity index (χ2n) is 7.02. The first-order chi connectivity index (χ1) is 12.7. The Hall–Kier alpha value is -2.01. The fourth-order valence-electron chi connectivity index (χ4n) is 3.54. The highest BCUT2D eigenvalue weighted by molar-refractivity contribution is 7.09. The van der Waals surface area contributed by atoms with Gasteiger partial charge in [0.05, 0.1) is 7.11 Å². The van der Waals surface area contributed by atoms with Gasteiger partial charge in [0.25, 0.3) is 0 Å². The van der Waals surface area contributed by atoms with E-state index in [9.17, 15) is 0 Å². The van der Waals surface area contributed by atoms with Crippen molar-refractivity contribution < 1.29 is 4.74 Å². The topological polar surface area (TPSA) is 36.9 Å². The predicted octanol–water partition coefficient (Wildman–Crippen LogP) is 4.00. The summed E-state index contributed by atoms with van der Waals surface area (Å²) < 4.78 is 5.26. The molecule has 1 aliphatic rings. The van der Waals surface area contributed by atoms with Crippen LogP contribution < -0.4 is 10.1 Å². The van der Waals surface area contributed by atoms with Gasteiger partial charge >= 0.3 is 0 Å². The Labute approximate surface area is 160 Å². The zero-order chi connectivity index (χ0) is 18.4. The van der Waals surface area contributed by atoms with Crippen molar-refractivity contribution in [3.05, 3.63) is 52.2 Å². The molecule has 0 radical (unpaired) electrons. The van der Waals surface area contributed by atoms with Crippen molar-refractivity contribution in [2.24, 2.45) is 10.9 Å². The molecule has 0 aliphatic carbocycles. The molecule has 1 aromatic carbocycles. The molecule has 1 N–H and O–H groups in total. The van der Waals surface area contributed by atoms with E-state index in [1.54, 1.807) is 7.11 Å². The van der Waals surface area contributed by atoms with Crippen molar-refractivity contribution in [2.45, 2.75) is 25.7 Å². The molecule has 1 fully saturated rings. The lowest BCUT2D eigenvalue weighted by atomic mass is 9.98. The zero-order valence-electron chi connectivity index (χ0n) is 15.9. The first kappa shape index (κ1) is 18.8. The van der Waals surface area contributed by atoms with E-state index in [1.165, 1.54) is 10.4 Å². The Kier molecular flexibility index (Phi) is 6.56. The number of methoxy groups -OCH3 is 1. The second-order valence-corrected chi connectivity index (χ2v) is 8.05. The Balaban J connectivity index is 1.50. The largest absolute Gasteiger partial charge is 0.497 e. The molecule has 0 amide bonds. The van der Waals surface area contributed by atoms with Crippen molar-refractivity contribution >= 4 is 17.3 Å². The first-order valence-electron chi connectivity index (χ1n) is 9.31. The number of nitrogens with zero attached hydrogens (tertiary/aromatic N) is 2. The van der Waals surface area contributed by atoms with Crippen LogP contribution in [0.3, 0.4) is 0 Å². The molecular formula is C21H29N3OS. The molecule has 2 unspecified atom stereocenters. The Morgan fingerprint density at radius 2 is 2.15 bits per heavy atom. The van der Waals surface area contributed by atoms with Gasteiger partial charge in [-0.1, -0.05) is 25.1 Å². The first-order valence-corrected chi connectivity index (χ1v) is 10.2. The van der Waals surface area contributed by atoms with E-state index in [2.05, 4.69) is 63.9 Å². The molecule has 2 aromatic rings. The molecule has 2 atom stereocenters. The molecule has 26 heavy (non-hydrogen) atoms. The van der Waals surface area contributed by atoms with E-state index in [4.69, 9.17) is 4.74 Å². The number of thiophene rings is 1. The van der Waals surface area contributed by atoms with Crippen LogP contribution in [-0.4, -0.2) is 44.7 Å². The molecule has 0 saturated carbocycles. The Bertz CT molecular complexity index is 697. The van der Waals surface area contributed by atoms with Crippen LogP contribution in [0, 0.1) is 5.92 Å². The number of nitrogens with one attached hydrogen (secondary N) is 1. The van der Waals surface area contributed by atoms with Gasteiger partial charge < -0.3 is 15.0 Å². The number of benzene rings is 1. The molecule has 1 aromatic heterocycles. The minimum Gasteiger partial charge on any atom is -0.497 e. The summed E-state index contributed by atoms with van der Waals surface area (Å²) in [5.41, 5.74) is 1.38. The maximum atomic E-state index is 5.26. The number of hydrogen-bond donors (Lipinski definition) is 1. The van der Waals surface area contributed by atoms with Gasteiger partial charge in [-0.25, -0.2) is 0 Å². The lowest BCUT2D eigenvalue weighted by Gasteiger charge is -2.23. The van der Waals surface area contributed by atoms with Crippen LogP contribution in [-0.2, 0) is 6.42 Å². The number of aliphatic imine (C=N–C) groups is 1. The Morgan fingerprint density at radius 1 is 1.35 bits per heavy atom. The van der Waals surface area contributed by atoms with Gasteiger partial charge in [-0.2, -0.15) is 0 Å². The van der Waals surface area contributed by atoms with E-state index < -0.39 is 0 Å². The van der Waals surface area contributed by atoms with E-state index >= 15 is 0 Å². The highest BCUT2D eigenvalue weighted by Crippen LogP contribution is 2.28. The van der Waals surface area contributed by atoms with Crippen LogP contribution in [0.15, 0.2) is 46.8 Å². The van der Waals surface area contributed by atoms with Crippen molar-refractivity contribution in [1.82, 2.24) is 10.2 Å². The molecule has 0 bridgehead atoms. The summed E-state index contributed by atoms with van der Waals surface area (Å²) in [7, 11) is 3.59. The summed E-state index contributed by atoms with van der Waals surface area (Å²) >= 11 is 1.84. The number of likely N-dealkylation sites (tertiary alicyclic amines) is 1. The third-order valence-electron chi connectivity index (χ3n) is 5.03. The van der Waals surface area contributed by atoms with Crippen LogP contribution in [0.4, 0.5) is 0 Å². The van der Waals surface area contributed by atoms with Crippen molar-refractivity contribution in [1.29, 1.82) is 0 Å². The van der Waals surface area contributed by atoms with E-state index in [1.807, 2.05) is 18.4 Å². The summed E-state index contributed by atoms with van der Waals surface area (Å²) in [5, 5.41) is 5.73. The highest BCUT2D eigenvalue weighted by Gasteiger charge is 2.26. The molecule has 1 aliphatic heterocycles. The minimum atomic E-state index is 0.558. The van der Waals surface area contributed by atoms with Gasteiger partial charge in [0.15, 0.2) is 5.96 Å². The molecule has 140 valence electrons. The van der Waals surface area contributed by atoms with E-state index in [0.717, 1.165) is 44.2 Å². The Morgan fingerprint density at radius 3 is 2.81 bits per heavy atom. The van der Waals surface area contributed by atoms with Crippen LogP contribution in [0.25, 0.3) is 0 Å². The van der Waals surface area contributed by atoms with Crippen molar-refractivity contribution in [3.8, 4) is 5.75 Å². The van der Waals surface area contributed by atoms with Gasteiger partial charge in [0.1, 0.15) is 5.75 Å². The molecule has 1 saturated heterocycles. The van der Waals surface area contributed by atoms with Gasteiger partial charge in [0, 0.05) is 37.5 Å². The SMILES string of the molecule is CN=C(NCC(C)Cc1cccs1)N1CCC(c2ccc(OC)cc2)C1. The normalized spacial score (nSPS) is 18.8. The number of hydrogen-bond acceptors (Lipinski definition) is 3. The fraction of sp³-hybridized carbons (Fsp3) is 0.476. The lowest BCUT2D eigenvalue weighted by Crippen LogP contribution is -2.41. The van der Waals surface area contributed by atoms with Gasteiger partial charge in [0.2, 0.25) is 0 Å². The molecule has 4 nitrogen and oxygen atoms in total. The summed E-state index contributed by atoms with van der Waals surface area (Å²) in [6.07, 6.45) is 2.29. The van der Waals surface area contributed by atoms with Crippen LogP contribution >= 0.6 is 11.3 Å². The van der Waals surface area contributed by atoms with Crippen LogP contribution in [0.1, 0.15) is 29.7 Å². The maximum absolute atomic E-state index is 5.26. The molecular weight excluding hydrogens is 342 g/mol. The maximum Gasteiger partial charge on any atom is 0.193 e. The molecule has 3 rings (SSSR count). The average Bonchev–Trinajstić information content (AvgIpc) is 3.35. The molecule has 0 spiro atoms. The van der Waals surface area contributed by atoms with Gasteiger partial charge in [-0.05, 0) is 47.9 Å². The van der Waals surface area contributed by atoms with Crippen molar-refractivity contribution in [2.75, 3.05) is 33.8 Å². The third-order valence-corrected chi connectivity index (χ3v) is 5.92. The molecule has 5 heteroatoms. The van der Waals surface area contributed by atoms with Crippen molar-refractivity contribution in [3.63, 3.8) is 0 Å². The number of ether oxygens (including phenoxy) is 1. The van der Waals surface area contributed by atoms with E-state index in [-0.39, 0.29) is 0 Å². The quantitative estimate of drug-likeness (QED) is 0.616. The summed E-state index contributed by atoms with van der Waals surface area (Å²) in [5.74, 6) is 3.09. The monoisotopic (exact) mass is 371 g/mol. The predicted molar refractivity (Wildman–Crippen MR) is 110 cm³/mol. The highest BCUT2D eigenvalue weighted by atomic mass is 32.1. The van der Waals surface area contributed by atoms with Gasteiger partial charge in [-0.3, -0.25) is 4.99 Å². The third kappa shape index (κ3) is 4.79. The average molecular weight is 372 g/mol. The van der Waals surface area contributed by atoms with Gasteiger partial charge in [-0.15, -0.1) is 11.3 Å². The number of guanidine groups is 1. The van der Waals surface area contributed by atoms with E-state index in [0.29, 0.717) is 11.8 Å². The van der Waals surface area contributed by atoms with Crippen LogP contribution in [0.2, 0.25) is 0 Å².